The molecule has 0 heterocycles. The van der Waals surface area contributed by atoms with Crippen molar-refractivity contribution in [2.45, 2.75) is 264 Å². The van der Waals surface area contributed by atoms with Gasteiger partial charge < -0.3 is 14.2 Å². The molecule has 0 bridgehead atoms. The molecule has 0 fully saturated rings. The molecule has 0 spiro atoms. The Bertz CT molecular complexity index is 1840. The van der Waals surface area contributed by atoms with Gasteiger partial charge in [-0.3, -0.25) is 14.4 Å². The number of hydrogen-bond acceptors (Lipinski definition) is 6. The maximum Gasteiger partial charge on any atom is 0.306 e. The summed E-state index contributed by atoms with van der Waals surface area (Å²) in [5, 5.41) is 0. The Morgan fingerprint density at radius 1 is 0.263 bits per heavy atom. The predicted molar refractivity (Wildman–Crippen MR) is 348 cm³/mol. The molecule has 6 heteroatoms. The standard InChI is InChI=1S/C74H116O6/c1-4-7-10-13-16-19-22-25-28-31-34-35-36-37-38-39-41-43-46-49-52-55-58-61-64-67-73(76)79-70-71(69-78-72(75)66-63-60-57-54-51-48-45-42-33-30-27-24-21-18-15-12-9-6-3)80-74(77)68-65-62-59-56-53-50-47-44-40-32-29-26-23-20-17-14-11-8-5-2/h7-8,10-11,16-17,19-20,25-26,28-30,33-35,37-38,40-41,43-44,49-50,52-53,59,62,71H,4-6,9,12-15,18,21-24,27,31-32,36,39,42,45-48,51,54-58,60-61,63-70H2,1-3H3/b10-7-,11-8-,19-16-,20-17-,28-25-,29-26-,33-30-,35-34-,38-37-,43-41-,44-40-,52-49-,53-50-,62-59-. The van der Waals surface area contributed by atoms with Crippen LogP contribution in [0.15, 0.2) is 170 Å². The lowest BCUT2D eigenvalue weighted by Crippen LogP contribution is -2.30. The molecule has 0 saturated heterocycles. The zero-order valence-electron chi connectivity index (χ0n) is 51.3. The molecule has 80 heavy (non-hydrogen) atoms. The van der Waals surface area contributed by atoms with Crippen molar-refractivity contribution in [3.63, 3.8) is 0 Å². The van der Waals surface area contributed by atoms with Crippen molar-refractivity contribution in [2.75, 3.05) is 13.2 Å². The first-order valence-corrected chi connectivity index (χ1v) is 32.1. The van der Waals surface area contributed by atoms with Crippen LogP contribution in [-0.2, 0) is 28.6 Å². The summed E-state index contributed by atoms with van der Waals surface area (Å²) < 4.78 is 16.8. The second-order valence-electron chi connectivity index (χ2n) is 20.5. The average Bonchev–Trinajstić information content (AvgIpc) is 3.46. The van der Waals surface area contributed by atoms with E-state index < -0.39 is 12.1 Å². The van der Waals surface area contributed by atoms with Gasteiger partial charge in [0.05, 0.1) is 0 Å². The van der Waals surface area contributed by atoms with Crippen LogP contribution in [0.2, 0.25) is 0 Å². The predicted octanol–water partition coefficient (Wildman–Crippen LogP) is 22.3. The highest BCUT2D eigenvalue weighted by Gasteiger charge is 2.19. The Morgan fingerprint density at radius 2 is 0.512 bits per heavy atom. The lowest BCUT2D eigenvalue weighted by Gasteiger charge is -2.18. The molecular formula is C74H116O6. The Kier molecular flexibility index (Phi) is 61.9. The van der Waals surface area contributed by atoms with Crippen LogP contribution >= 0.6 is 0 Å². The molecule has 0 aromatic rings. The zero-order valence-corrected chi connectivity index (χ0v) is 51.3. The third kappa shape index (κ3) is 63.6. The molecule has 0 radical (unpaired) electrons. The largest absolute Gasteiger partial charge is 0.462 e. The highest BCUT2D eigenvalue weighted by Crippen LogP contribution is 2.14. The summed E-state index contributed by atoms with van der Waals surface area (Å²) in [5.41, 5.74) is 0. The minimum absolute atomic E-state index is 0.129. The molecule has 1 atom stereocenters. The average molecular weight is 1100 g/mol. The number of unbranched alkanes of at least 4 members (excludes halogenated alkanes) is 17. The van der Waals surface area contributed by atoms with E-state index in [4.69, 9.17) is 14.2 Å². The van der Waals surface area contributed by atoms with Gasteiger partial charge in [-0.15, -0.1) is 0 Å². The highest BCUT2D eigenvalue weighted by atomic mass is 16.6. The maximum atomic E-state index is 12.9. The molecule has 6 nitrogen and oxygen atoms in total. The van der Waals surface area contributed by atoms with E-state index in [2.05, 4.69) is 179 Å². The molecule has 0 aliphatic carbocycles. The fourth-order valence-corrected chi connectivity index (χ4v) is 8.21. The molecule has 0 aromatic carbocycles. The smallest absolute Gasteiger partial charge is 0.306 e. The summed E-state index contributed by atoms with van der Waals surface area (Å²) in [6.07, 6.45) is 97.9. The second-order valence-corrected chi connectivity index (χ2v) is 20.5. The van der Waals surface area contributed by atoms with Gasteiger partial charge in [-0.1, -0.05) is 268 Å². The summed E-state index contributed by atoms with van der Waals surface area (Å²) in [6.45, 7) is 6.31. The monoisotopic (exact) mass is 1100 g/mol. The van der Waals surface area contributed by atoms with E-state index >= 15 is 0 Å². The second kappa shape index (κ2) is 66.3. The number of ether oxygens (including phenoxy) is 3. The van der Waals surface area contributed by atoms with Gasteiger partial charge in [-0.05, 0) is 141 Å². The van der Waals surface area contributed by atoms with E-state index in [1.54, 1.807) is 0 Å². The number of rotatable bonds is 56. The van der Waals surface area contributed by atoms with E-state index in [9.17, 15) is 14.4 Å². The molecule has 0 rings (SSSR count). The number of hydrogen-bond donors (Lipinski definition) is 0. The lowest BCUT2D eigenvalue weighted by atomic mass is 10.1. The van der Waals surface area contributed by atoms with Crippen molar-refractivity contribution in [1.29, 1.82) is 0 Å². The van der Waals surface area contributed by atoms with Crippen molar-refractivity contribution in [1.82, 2.24) is 0 Å². The number of carbonyl (C=O) groups excluding carboxylic acids is 3. The summed E-state index contributed by atoms with van der Waals surface area (Å²) in [4.78, 5) is 38.3. The molecule has 0 N–H and O–H groups in total. The highest BCUT2D eigenvalue weighted by molar-refractivity contribution is 5.71. The quantitative estimate of drug-likeness (QED) is 0.0261. The molecule has 0 aliphatic rings. The van der Waals surface area contributed by atoms with Gasteiger partial charge >= 0.3 is 17.9 Å². The molecule has 0 aromatic heterocycles. The Hall–Kier alpha value is -5.23. The van der Waals surface area contributed by atoms with Gasteiger partial charge in [0.25, 0.3) is 0 Å². The van der Waals surface area contributed by atoms with Gasteiger partial charge in [-0.2, -0.15) is 0 Å². The number of carbonyl (C=O) groups is 3. The van der Waals surface area contributed by atoms with Crippen molar-refractivity contribution in [2.24, 2.45) is 0 Å². The van der Waals surface area contributed by atoms with Crippen LogP contribution in [0.4, 0.5) is 0 Å². The van der Waals surface area contributed by atoms with E-state index in [-0.39, 0.29) is 31.6 Å². The molecule has 0 saturated carbocycles. The van der Waals surface area contributed by atoms with E-state index in [1.165, 1.54) is 83.5 Å². The SMILES string of the molecule is CC/C=C\C/C=C\C/C=C\C/C=C\C/C=C\C/C=C\C/C=C\CCCCCC(=O)OCC(COC(=O)CCCCCCCCC/C=C\CCCCCCCCC)OC(=O)CC/C=C\C/C=C\C/C=C\C/C=C\C/C=C\C/C=C\CC. The van der Waals surface area contributed by atoms with Crippen molar-refractivity contribution in [3.8, 4) is 0 Å². The van der Waals surface area contributed by atoms with E-state index in [0.29, 0.717) is 19.3 Å². The van der Waals surface area contributed by atoms with Crippen LogP contribution in [0.25, 0.3) is 0 Å². The van der Waals surface area contributed by atoms with Gasteiger partial charge in [0.2, 0.25) is 0 Å². The third-order valence-electron chi connectivity index (χ3n) is 12.9. The van der Waals surface area contributed by atoms with Crippen LogP contribution in [0.5, 0.6) is 0 Å². The zero-order chi connectivity index (χ0) is 57.8. The third-order valence-corrected chi connectivity index (χ3v) is 12.9. The van der Waals surface area contributed by atoms with Crippen molar-refractivity contribution >= 4 is 17.9 Å². The van der Waals surface area contributed by atoms with E-state index in [0.717, 1.165) is 128 Å². The fraction of sp³-hybridized carbons (Fsp3) is 0.581. The normalized spacial score (nSPS) is 13.3. The fourth-order valence-electron chi connectivity index (χ4n) is 8.21. The van der Waals surface area contributed by atoms with Gasteiger partial charge in [0.15, 0.2) is 6.10 Å². The Balaban J connectivity index is 4.58. The maximum absolute atomic E-state index is 12.9. The Labute approximate surface area is 492 Å². The summed E-state index contributed by atoms with van der Waals surface area (Å²) in [6, 6.07) is 0. The van der Waals surface area contributed by atoms with E-state index in [1.807, 2.05) is 12.2 Å². The first kappa shape index (κ1) is 74.8. The molecule has 1 unspecified atom stereocenters. The van der Waals surface area contributed by atoms with Crippen LogP contribution in [0, 0.1) is 0 Å². The summed E-state index contributed by atoms with van der Waals surface area (Å²) in [7, 11) is 0. The van der Waals surface area contributed by atoms with Crippen LogP contribution < -0.4 is 0 Å². The van der Waals surface area contributed by atoms with Crippen LogP contribution in [0.3, 0.4) is 0 Å². The lowest BCUT2D eigenvalue weighted by molar-refractivity contribution is -0.166. The molecule has 448 valence electrons. The summed E-state index contributed by atoms with van der Waals surface area (Å²) in [5.74, 6) is -1.06. The van der Waals surface area contributed by atoms with Crippen molar-refractivity contribution < 1.29 is 28.6 Å². The van der Waals surface area contributed by atoms with Crippen LogP contribution in [-0.4, -0.2) is 37.2 Å². The van der Waals surface area contributed by atoms with Gasteiger partial charge in [0.1, 0.15) is 13.2 Å². The molecule has 0 aliphatic heterocycles. The minimum atomic E-state index is -0.845. The Morgan fingerprint density at radius 3 is 0.838 bits per heavy atom. The number of allylic oxidation sites excluding steroid dienone is 28. The summed E-state index contributed by atoms with van der Waals surface area (Å²) >= 11 is 0. The number of esters is 3. The van der Waals surface area contributed by atoms with Gasteiger partial charge in [-0.25, -0.2) is 0 Å². The topological polar surface area (TPSA) is 78.9 Å². The van der Waals surface area contributed by atoms with Crippen LogP contribution in [0.1, 0.15) is 258 Å². The first-order chi connectivity index (χ1) is 39.5. The molecular weight excluding hydrogens is 985 g/mol. The van der Waals surface area contributed by atoms with Crippen molar-refractivity contribution in [3.05, 3.63) is 170 Å². The minimum Gasteiger partial charge on any atom is -0.462 e. The molecule has 0 amide bonds. The van der Waals surface area contributed by atoms with Gasteiger partial charge in [0, 0.05) is 19.3 Å². The first-order valence-electron chi connectivity index (χ1n) is 32.1.